The molecule has 0 aromatic heterocycles. The Morgan fingerprint density at radius 3 is 2.14 bits per heavy atom. The van der Waals surface area contributed by atoms with E-state index in [4.69, 9.17) is 17.7 Å². The summed E-state index contributed by atoms with van der Waals surface area (Å²) < 4.78 is 10.4. The molecule has 0 N–H and O–H groups in total. The van der Waals surface area contributed by atoms with E-state index in [0.29, 0.717) is 5.76 Å². The van der Waals surface area contributed by atoms with Crippen molar-refractivity contribution in [2.75, 3.05) is 6.61 Å². The number of carbonyl (C=O) groups is 2. The molecule has 0 amide bonds. The average molecular weight is 407 g/mol. The monoisotopic (exact) mass is 408 g/mol. The fourth-order valence-corrected chi connectivity index (χ4v) is 4.75. The van der Waals surface area contributed by atoms with E-state index < -0.39 is 23.3 Å². The average Bonchev–Trinajstić information content (AvgIpc) is 2.03. The minimum absolute atomic E-state index is 0.152. The van der Waals surface area contributed by atoms with Crippen molar-refractivity contribution < 1.29 is 42.4 Å². The summed E-state index contributed by atoms with van der Waals surface area (Å²) in [5.41, 5.74) is 0. The standard InChI is InChI=1S/C8H11O4.ClH.Hg/c1-6(12-8(3)10)4-5-11-7(2)9;;/h5H2,1-3H3;1H;/q;;+1/p-1. The van der Waals surface area contributed by atoms with Crippen molar-refractivity contribution in [1.82, 2.24) is 0 Å². The van der Waals surface area contributed by atoms with E-state index in [1.165, 1.54) is 13.8 Å². The van der Waals surface area contributed by atoms with Gasteiger partial charge in [0.1, 0.15) is 0 Å². The molecule has 0 saturated heterocycles. The second kappa shape index (κ2) is 7.23. The van der Waals surface area contributed by atoms with Gasteiger partial charge in [-0.2, -0.15) is 0 Å². The van der Waals surface area contributed by atoms with Crippen molar-refractivity contribution in [1.29, 1.82) is 0 Å². The molecule has 0 unspecified atom stereocenters. The van der Waals surface area contributed by atoms with Gasteiger partial charge in [0.25, 0.3) is 0 Å². The van der Waals surface area contributed by atoms with Gasteiger partial charge in [-0.25, -0.2) is 0 Å². The maximum atomic E-state index is 10.6. The minimum atomic E-state index is -1.71. The zero-order valence-corrected chi connectivity index (χ0v) is 14.7. The molecular weight excluding hydrogens is 396 g/mol. The third-order valence-electron chi connectivity index (χ3n) is 1.41. The second-order valence-corrected chi connectivity index (χ2v) is 9.37. The summed E-state index contributed by atoms with van der Waals surface area (Å²) in [6.45, 7) is 4.45. The van der Waals surface area contributed by atoms with Crippen molar-refractivity contribution in [2.45, 2.75) is 20.8 Å². The fraction of sp³-hybridized carbons (Fsp3) is 0.500. The predicted octanol–water partition coefficient (Wildman–Crippen LogP) is 1.58. The third kappa shape index (κ3) is 6.37. The molecule has 0 bridgehead atoms. The molecule has 0 aromatic rings. The Labute approximate surface area is 98.5 Å². The molecule has 0 fully saturated rings. The molecule has 0 atom stereocenters. The molecule has 0 spiro atoms. The molecule has 14 heavy (non-hydrogen) atoms. The summed E-state index contributed by atoms with van der Waals surface area (Å²) in [6, 6.07) is 0. The molecule has 0 aromatic carbocycles. The summed E-state index contributed by atoms with van der Waals surface area (Å²) >= 11 is -1.71. The Morgan fingerprint density at radius 2 is 1.79 bits per heavy atom. The van der Waals surface area contributed by atoms with E-state index >= 15 is 0 Å². The summed E-state index contributed by atoms with van der Waals surface area (Å²) in [5, 5.41) is 0. The maximum absolute atomic E-state index is 10.6. The van der Waals surface area contributed by atoms with Crippen LogP contribution in [0.25, 0.3) is 0 Å². The first-order valence-corrected chi connectivity index (χ1v) is 13.6. The first-order chi connectivity index (χ1) is 6.47. The van der Waals surface area contributed by atoms with Crippen LogP contribution in [0.3, 0.4) is 0 Å². The zero-order chi connectivity index (χ0) is 11.1. The van der Waals surface area contributed by atoms with Crippen molar-refractivity contribution in [3.05, 3.63) is 8.84 Å². The second-order valence-electron chi connectivity index (χ2n) is 2.67. The zero-order valence-electron chi connectivity index (χ0n) is 8.43. The molecule has 6 heteroatoms. The molecule has 4 nitrogen and oxygen atoms in total. The molecule has 0 aliphatic rings. The number of rotatable bonds is 4. The molecule has 0 saturated carbocycles. The van der Waals surface area contributed by atoms with Gasteiger partial charge in [-0.3, -0.25) is 0 Å². The molecular formula is C8H11ClHgO4. The Morgan fingerprint density at radius 1 is 1.21 bits per heavy atom. The van der Waals surface area contributed by atoms with E-state index in [1.54, 1.807) is 6.92 Å². The van der Waals surface area contributed by atoms with Gasteiger partial charge in [0.05, 0.1) is 0 Å². The van der Waals surface area contributed by atoms with E-state index in [-0.39, 0.29) is 18.5 Å². The van der Waals surface area contributed by atoms with Crippen LogP contribution in [0.5, 0.6) is 0 Å². The number of carbonyl (C=O) groups excluding carboxylic acids is 2. The van der Waals surface area contributed by atoms with Gasteiger partial charge < -0.3 is 0 Å². The van der Waals surface area contributed by atoms with Crippen molar-refractivity contribution in [3.8, 4) is 0 Å². The van der Waals surface area contributed by atoms with Crippen molar-refractivity contribution in [3.63, 3.8) is 0 Å². The number of esters is 2. The van der Waals surface area contributed by atoms with Crippen LogP contribution in [0.2, 0.25) is 0 Å². The summed E-state index contributed by atoms with van der Waals surface area (Å²) in [6.07, 6.45) is 0. The summed E-state index contributed by atoms with van der Waals surface area (Å²) in [4.78, 5) is 21.2. The van der Waals surface area contributed by atoms with Crippen molar-refractivity contribution >= 4 is 20.2 Å². The van der Waals surface area contributed by atoms with E-state index in [0.717, 1.165) is 3.08 Å². The van der Waals surface area contributed by atoms with Crippen LogP contribution in [0.1, 0.15) is 20.8 Å². The predicted molar refractivity (Wildman–Crippen MR) is 47.0 cm³/mol. The number of hydrogen-bond acceptors (Lipinski definition) is 4. The topological polar surface area (TPSA) is 52.6 Å². The van der Waals surface area contributed by atoms with E-state index in [2.05, 4.69) is 0 Å². The molecule has 0 aliphatic carbocycles. The van der Waals surface area contributed by atoms with Gasteiger partial charge in [0.15, 0.2) is 0 Å². The number of hydrogen-bond donors (Lipinski definition) is 0. The van der Waals surface area contributed by atoms with Gasteiger partial charge in [-0.1, -0.05) is 0 Å². The number of allylic oxidation sites excluding steroid dienone is 1. The van der Waals surface area contributed by atoms with Gasteiger partial charge in [-0.15, -0.1) is 0 Å². The van der Waals surface area contributed by atoms with Gasteiger partial charge in [0.2, 0.25) is 0 Å². The summed E-state index contributed by atoms with van der Waals surface area (Å²) in [5.74, 6) is -0.270. The quantitative estimate of drug-likeness (QED) is 0.404. The van der Waals surface area contributed by atoms with Crippen LogP contribution in [-0.2, 0) is 42.4 Å². The van der Waals surface area contributed by atoms with Crippen LogP contribution >= 0.6 is 8.25 Å². The van der Waals surface area contributed by atoms with E-state index in [1.807, 2.05) is 0 Å². The number of ether oxygens (including phenoxy) is 2. The SMILES string of the molecule is CC(=O)OC/[C]([Hg][Cl])=C(/C)OC(C)=O. The number of halogens is 1. The van der Waals surface area contributed by atoms with Gasteiger partial charge in [-0.05, 0) is 0 Å². The Kier molecular flexibility index (Phi) is 7.18. The van der Waals surface area contributed by atoms with Crippen LogP contribution in [0.4, 0.5) is 0 Å². The fourth-order valence-electron chi connectivity index (χ4n) is 0.711. The Balaban J connectivity index is 4.34. The Hall–Kier alpha value is -0.0949. The van der Waals surface area contributed by atoms with Crippen LogP contribution in [-0.4, -0.2) is 18.5 Å². The first-order valence-electron chi connectivity index (χ1n) is 4.03. The first kappa shape index (κ1) is 13.9. The van der Waals surface area contributed by atoms with Crippen LogP contribution < -0.4 is 0 Å². The summed E-state index contributed by atoms with van der Waals surface area (Å²) in [7, 11) is 5.81. The molecule has 76 valence electrons. The van der Waals surface area contributed by atoms with Gasteiger partial charge >= 0.3 is 98.8 Å². The molecule has 0 heterocycles. The third-order valence-corrected chi connectivity index (χ3v) is 8.22. The normalized spacial score (nSPS) is 11.1. The molecule has 0 rings (SSSR count). The molecule has 0 aliphatic heterocycles. The molecule has 0 radical (unpaired) electrons. The van der Waals surface area contributed by atoms with E-state index in [9.17, 15) is 9.59 Å². The van der Waals surface area contributed by atoms with Crippen LogP contribution in [0, 0.1) is 0 Å². The van der Waals surface area contributed by atoms with Gasteiger partial charge in [0, 0.05) is 0 Å². The van der Waals surface area contributed by atoms with Crippen LogP contribution in [0.15, 0.2) is 8.84 Å². The van der Waals surface area contributed by atoms with Crippen molar-refractivity contribution in [2.24, 2.45) is 0 Å². The Bertz CT molecular complexity index is 262.